The minimum absolute atomic E-state index is 0.0335. The van der Waals surface area contributed by atoms with Crippen molar-refractivity contribution in [3.63, 3.8) is 0 Å². The average Bonchev–Trinajstić information content (AvgIpc) is 3.15. The van der Waals surface area contributed by atoms with Crippen LogP contribution in [0, 0.1) is 24.0 Å². The first-order valence-corrected chi connectivity index (χ1v) is 9.03. The Morgan fingerprint density at radius 2 is 1.93 bits per heavy atom. The van der Waals surface area contributed by atoms with Crippen molar-refractivity contribution >= 4 is 28.7 Å². The van der Waals surface area contributed by atoms with Crippen LogP contribution in [0.25, 0.3) is 22.6 Å². The molecule has 0 spiro atoms. The van der Waals surface area contributed by atoms with Crippen LogP contribution in [0.5, 0.6) is 11.5 Å². The standard InChI is InChI=1S/C22H17N3O5/c1-12-4-3-5-19-20(12)24-22(30-19)17-10-15(6-7-18(17)26)23-11-14-9-16(25(28)29)8-13(2)21(14)27/h3-11,26-27H,1-2H3/p-1. The summed E-state index contributed by atoms with van der Waals surface area (Å²) in [6.07, 6.45) is 1.27. The number of fused-ring (bicyclic) bond motifs is 1. The van der Waals surface area contributed by atoms with Gasteiger partial charge in [-0.15, -0.1) is 0 Å². The number of non-ortho nitro benzene ring substituents is 1. The van der Waals surface area contributed by atoms with E-state index in [-0.39, 0.29) is 34.2 Å². The number of rotatable bonds is 4. The number of benzene rings is 3. The molecule has 4 aromatic rings. The number of para-hydroxylation sites is 1. The maximum Gasteiger partial charge on any atom is 0.270 e. The zero-order chi connectivity index (χ0) is 21.4. The molecule has 0 saturated carbocycles. The Labute approximate surface area is 170 Å². The van der Waals surface area contributed by atoms with Crippen molar-refractivity contribution in [2.75, 3.05) is 0 Å². The van der Waals surface area contributed by atoms with Gasteiger partial charge in [0.2, 0.25) is 5.89 Å². The fraction of sp³-hybridized carbons (Fsp3) is 0.0909. The number of aromatic nitrogens is 1. The first-order valence-electron chi connectivity index (χ1n) is 9.03. The van der Waals surface area contributed by atoms with Crippen LogP contribution >= 0.6 is 0 Å². The van der Waals surface area contributed by atoms with Crippen molar-refractivity contribution in [3.8, 4) is 23.0 Å². The third-order valence-corrected chi connectivity index (χ3v) is 4.68. The Balaban J connectivity index is 1.74. The highest BCUT2D eigenvalue weighted by Gasteiger charge is 2.14. The molecule has 8 nitrogen and oxygen atoms in total. The molecule has 0 aliphatic rings. The number of nitrogens with zero attached hydrogens (tertiary/aromatic N) is 3. The van der Waals surface area contributed by atoms with E-state index in [1.165, 1.54) is 31.3 Å². The second-order valence-corrected chi connectivity index (χ2v) is 6.84. The lowest BCUT2D eigenvalue weighted by Gasteiger charge is -2.13. The molecule has 0 saturated heterocycles. The predicted molar refractivity (Wildman–Crippen MR) is 110 cm³/mol. The van der Waals surface area contributed by atoms with E-state index in [1.54, 1.807) is 18.2 Å². The zero-order valence-corrected chi connectivity index (χ0v) is 16.1. The molecule has 0 fully saturated rings. The maximum atomic E-state index is 12.3. The molecule has 150 valence electrons. The van der Waals surface area contributed by atoms with E-state index in [0.717, 1.165) is 5.56 Å². The van der Waals surface area contributed by atoms with Gasteiger partial charge in [-0.25, -0.2) is 4.98 Å². The van der Waals surface area contributed by atoms with Gasteiger partial charge in [0.25, 0.3) is 5.69 Å². The minimum Gasteiger partial charge on any atom is -0.872 e. The van der Waals surface area contributed by atoms with Crippen LogP contribution in [0.3, 0.4) is 0 Å². The van der Waals surface area contributed by atoms with Crippen molar-refractivity contribution in [2.24, 2.45) is 4.99 Å². The molecule has 1 heterocycles. The van der Waals surface area contributed by atoms with Crippen LogP contribution in [0.1, 0.15) is 16.7 Å². The van der Waals surface area contributed by atoms with E-state index >= 15 is 0 Å². The van der Waals surface area contributed by atoms with Crippen LogP contribution in [0.4, 0.5) is 11.4 Å². The number of aromatic hydroxyl groups is 1. The Morgan fingerprint density at radius 1 is 1.13 bits per heavy atom. The third-order valence-electron chi connectivity index (χ3n) is 4.68. The smallest absolute Gasteiger partial charge is 0.270 e. The molecule has 0 aliphatic heterocycles. The van der Waals surface area contributed by atoms with Crippen molar-refractivity contribution in [3.05, 3.63) is 75.3 Å². The van der Waals surface area contributed by atoms with E-state index in [0.29, 0.717) is 22.4 Å². The monoisotopic (exact) mass is 402 g/mol. The first-order chi connectivity index (χ1) is 14.3. The Morgan fingerprint density at radius 3 is 2.67 bits per heavy atom. The zero-order valence-electron chi connectivity index (χ0n) is 16.1. The van der Waals surface area contributed by atoms with Crippen molar-refractivity contribution in [1.29, 1.82) is 0 Å². The number of aliphatic imine (C=N–C) groups is 1. The van der Waals surface area contributed by atoms with Crippen molar-refractivity contribution in [2.45, 2.75) is 13.8 Å². The SMILES string of the molecule is Cc1cc([N+](=O)[O-])cc(C=Nc2ccc(O)c(-c3nc4c(C)cccc4o3)c2)c1[O-]. The normalized spacial score (nSPS) is 11.4. The molecule has 8 heteroatoms. The largest absolute Gasteiger partial charge is 0.872 e. The molecule has 1 N–H and O–H groups in total. The van der Waals surface area contributed by atoms with Gasteiger partial charge in [-0.1, -0.05) is 23.4 Å². The van der Waals surface area contributed by atoms with Gasteiger partial charge in [-0.3, -0.25) is 15.1 Å². The van der Waals surface area contributed by atoms with Gasteiger partial charge >= 0.3 is 0 Å². The van der Waals surface area contributed by atoms with E-state index in [4.69, 9.17) is 4.42 Å². The number of phenolic OH excluding ortho intramolecular Hbond substituents is 1. The van der Waals surface area contributed by atoms with Crippen molar-refractivity contribution < 1.29 is 19.6 Å². The fourth-order valence-corrected chi connectivity index (χ4v) is 3.10. The summed E-state index contributed by atoms with van der Waals surface area (Å²) in [5, 5.41) is 33.6. The topological polar surface area (TPSA) is 125 Å². The molecule has 0 bridgehead atoms. The molecule has 3 aromatic carbocycles. The average molecular weight is 402 g/mol. The second kappa shape index (κ2) is 7.32. The molecule has 0 unspecified atom stereocenters. The molecule has 0 atom stereocenters. The van der Waals surface area contributed by atoms with Gasteiger partial charge in [0.15, 0.2) is 5.58 Å². The number of hydrogen-bond donors (Lipinski definition) is 1. The minimum atomic E-state index is -0.558. The maximum absolute atomic E-state index is 12.3. The molecular weight excluding hydrogens is 386 g/mol. The summed E-state index contributed by atoms with van der Waals surface area (Å²) in [5.74, 6) is -0.129. The van der Waals surface area contributed by atoms with Crippen LogP contribution in [-0.2, 0) is 0 Å². The van der Waals surface area contributed by atoms with Gasteiger partial charge in [-0.05, 0) is 49.2 Å². The predicted octanol–water partition coefficient (Wildman–Crippen LogP) is 4.55. The van der Waals surface area contributed by atoms with Crippen LogP contribution in [0.2, 0.25) is 0 Å². The highest BCUT2D eigenvalue weighted by atomic mass is 16.6. The lowest BCUT2D eigenvalue weighted by Crippen LogP contribution is -2.01. The van der Waals surface area contributed by atoms with Gasteiger partial charge < -0.3 is 14.6 Å². The molecular formula is C22H16N3O5-. The number of hydrogen-bond acceptors (Lipinski definition) is 7. The summed E-state index contributed by atoms with van der Waals surface area (Å²) in [6.45, 7) is 3.43. The summed E-state index contributed by atoms with van der Waals surface area (Å²) in [6, 6.07) is 12.5. The molecule has 30 heavy (non-hydrogen) atoms. The summed E-state index contributed by atoms with van der Waals surface area (Å²) >= 11 is 0. The van der Waals surface area contributed by atoms with E-state index in [9.17, 15) is 20.3 Å². The lowest BCUT2D eigenvalue weighted by atomic mass is 10.1. The van der Waals surface area contributed by atoms with E-state index < -0.39 is 4.92 Å². The number of nitro groups is 1. The van der Waals surface area contributed by atoms with Crippen molar-refractivity contribution in [1.82, 2.24) is 4.98 Å². The molecule has 0 amide bonds. The van der Waals surface area contributed by atoms with Crippen LogP contribution < -0.4 is 5.11 Å². The molecule has 1 aromatic heterocycles. The number of phenols is 1. The Bertz CT molecular complexity index is 1320. The summed E-state index contributed by atoms with van der Waals surface area (Å²) in [5.41, 5.74) is 3.20. The van der Waals surface area contributed by atoms with Gasteiger partial charge in [0.1, 0.15) is 11.3 Å². The van der Waals surface area contributed by atoms with Crippen LogP contribution in [-0.4, -0.2) is 21.2 Å². The van der Waals surface area contributed by atoms with Gasteiger partial charge in [0.05, 0.1) is 16.2 Å². The number of oxazole rings is 1. The quantitative estimate of drug-likeness (QED) is 0.303. The summed E-state index contributed by atoms with van der Waals surface area (Å²) in [4.78, 5) is 19.2. The van der Waals surface area contributed by atoms with E-state index in [1.807, 2.05) is 19.1 Å². The third kappa shape index (κ3) is 3.46. The molecule has 0 radical (unpaired) electrons. The molecule has 0 aliphatic carbocycles. The van der Waals surface area contributed by atoms with Crippen LogP contribution in [0.15, 0.2) is 57.9 Å². The number of aryl methyl sites for hydroxylation is 2. The summed E-state index contributed by atoms with van der Waals surface area (Å²) in [7, 11) is 0. The Kier molecular flexibility index (Phi) is 4.67. The second-order valence-electron chi connectivity index (χ2n) is 6.84. The highest BCUT2D eigenvalue weighted by Crippen LogP contribution is 2.35. The molecule has 4 rings (SSSR count). The van der Waals surface area contributed by atoms with Gasteiger partial charge in [0, 0.05) is 18.3 Å². The lowest BCUT2D eigenvalue weighted by molar-refractivity contribution is -0.385. The fourth-order valence-electron chi connectivity index (χ4n) is 3.10. The highest BCUT2D eigenvalue weighted by molar-refractivity contribution is 5.87. The van der Waals surface area contributed by atoms with E-state index in [2.05, 4.69) is 9.98 Å². The number of nitro benzene ring substituents is 1. The first kappa shape index (κ1) is 19.1. The Hall–Kier alpha value is -4.20. The summed E-state index contributed by atoms with van der Waals surface area (Å²) < 4.78 is 5.76. The van der Waals surface area contributed by atoms with Gasteiger partial charge in [-0.2, -0.15) is 0 Å².